The van der Waals surface area contributed by atoms with Crippen molar-refractivity contribution in [1.82, 2.24) is 15.3 Å². The van der Waals surface area contributed by atoms with Gasteiger partial charge in [-0.1, -0.05) is 37.3 Å². The molecule has 7 heteroatoms. The van der Waals surface area contributed by atoms with Gasteiger partial charge in [0.25, 0.3) is 0 Å². The minimum atomic E-state index is 0.0826. The number of ether oxygens (including phenoxy) is 1. The average molecular weight is 386 g/mol. The zero-order chi connectivity index (χ0) is 19.2. The van der Waals surface area contributed by atoms with E-state index >= 15 is 0 Å². The van der Waals surface area contributed by atoms with Crippen LogP contribution in [0.1, 0.15) is 38.3 Å². The molecule has 1 fully saturated rings. The van der Waals surface area contributed by atoms with Crippen molar-refractivity contribution in [2.45, 2.75) is 32.7 Å². The SMILES string of the molecule is COc1cc(N2CCC[C@@H](C)C2)nc(NC(=S)N[C@H](C)c2ccccc2)n1. The number of benzene rings is 1. The maximum absolute atomic E-state index is 5.45. The van der Waals surface area contributed by atoms with Crippen molar-refractivity contribution in [3.63, 3.8) is 0 Å². The topological polar surface area (TPSA) is 62.3 Å². The first-order valence-electron chi connectivity index (χ1n) is 9.35. The van der Waals surface area contributed by atoms with Crippen LogP contribution >= 0.6 is 12.2 Å². The Hall–Kier alpha value is -2.41. The standard InChI is InChI=1S/C20H27N5OS/c1-14-8-7-11-25(13-14)17-12-18(26-3)23-19(22-17)24-20(27)21-15(2)16-9-5-4-6-10-16/h4-6,9-10,12,14-15H,7-8,11,13H2,1-3H3,(H2,21,22,23,24,27)/t14-,15-/m1/s1. The molecule has 0 radical (unpaired) electrons. The van der Waals surface area contributed by atoms with Gasteiger partial charge in [-0.25, -0.2) is 0 Å². The molecule has 0 amide bonds. The summed E-state index contributed by atoms with van der Waals surface area (Å²) in [6.45, 7) is 6.33. The molecule has 27 heavy (non-hydrogen) atoms. The highest BCUT2D eigenvalue weighted by atomic mass is 32.1. The van der Waals surface area contributed by atoms with E-state index in [-0.39, 0.29) is 6.04 Å². The highest BCUT2D eigenvalue weighted by Gasteiger charge is 2.19. The number of nitrogens with zero attached hydrogens (tertiary/aromatic N) is 3. The van der Waals surface area contributed by atoms with Gasteiger partial charge in [-0.05, 0) is 43.5 Å². The average Bonchev–Trinajstić information content (AvgIpc) is 2.68. The molecule has 1 aliphatic heterocycles. The number of rotatable bonds is 5. The molecule has 6 nitrogen and oxygen atoms in total. The van der Waals surface area contributed by atoms with Crippen LogP contribution in [0.5, 0.6) is 5.88 Å². The lowest BCUT2D eigenvalue weighted by Gasteiger charge is -2.32. The normalized spacial score (nSPS) is 17.9. The van der Waals surface area contributed by atoms with Crippen molar-refractivity contribution in [1.29, 1.82) is 0 Å². The number of thiocarbonyl (C=S) groups is 1. The Morgan fingerprint density at radius 3 is 2.78 bits per heavy atom. The first kappa shape index (κ1) is 19.4. The Bertz CT molecular complexity index is 770. The third-order valence-electron chi connectivity index (χ3n) is 4.75. The second kappa shape index (κ2) is 8.99. The maximum atomic E-state index is 5.45. The molecule has 0 saturated carbocycles. The molecular formula is C20H27N5OS. The van der Waals surface area contributed by atoms with Crippen LogP contribution < -0.4 is 20.3 Å². The smallest absolute Gasteiger partial charge is 0.234 e. The summed E-state index contributed by atoms with van der Waals surface area (Å²) in [5, 5.41) is 6.86. The fraction of sp³-hybridized carbons (Fsp3) is 0.450. The van der Waals surface area contributed by atoms with E-state index in [9.17, 15) is 0 Å². The first-order valence-corrected chi connectivity index (χ1v) is 9.76. The van der Waals surface area contributed by atoms with Crippen LogP contribution in [-0.2, 0) is 0 Å². The second-order valence-corrected chi connectivity index (χ2v) is 7.42. The molecule has 1 aromatic carbocycles. The van der Waals surface area contributed by atoms with Gasteiger partial charge in [0.1, 0.15) is 5.82 Å². The summed E-state index contributed by atoms with van der Waals surface area (Å²) in [6.07, 6.45) is 2.43. The summed E-state index contributed by atoms with van der Waals surface area (Å²) in [5.74, 6) is 2.50. The zero-order valence-electron chi connectivity index (χ0n) is 16.1. The molecule has 2 atom stereocenters. The number of hydrogen-bond donors (Lipinski definition) is 2. The van der Waals surface area contributed by atoms with Crippen LogP contribution in [0.4, 0.5) is 11.8 Å². The fourth-order valence-corrected chi connectivity index (χ4v) is 3.56. The molecule has 2 aromatic rings. The summed E-state index contributed by atoms with van der Waals surface area (Å²) in [4.78, 5) is 11.3. The van der Waals surface area contributed by atoms with Gasteiger partial charge in [0.2, 0.25) is 11.8 Å². The van der Waals surface area contributed by atoms with Gasteiger partial charge in [0.15, 0.2) is 5.11 Å². The Morgan fingerprint density at radius 2 is 2.07 bits per heavy atom. The van der Waals surface area contributed by atoms with Gasteiger partial charge in [0, 0.05) is 19.2 Å². The zero-order valence-corrected chi connectivity index (χ0v) is 16.9. The molecule has 3 rings (SSSR count). The predicted octanol–water partition coefficient (Wildman–Crippen LogP) is 3.77. The minimum Gasteiger partial charge on any atom is -0.481 e. The van der Waals surface area contributed by atoms with Crippen molar-refractivity contribution in [3.8, 4) is 5.88 Å². The third-order valence-corrected chi connectivity index (χ3v) is 4.97. The number of methoxy groups -OCH3 is 1. The number of anilines is 2. The van der Waals surface area contributed by atoms with Crippen LogP contribution in [0.25, 0.3) is 0 Å². The third kappa shape index (κ3) is 5.29. The molecule has 0 bridgehead atoms. The van der Waals surface area contributed by atoms with E-state index in [1.165, 1.54) is 12.8 Å². The molecule has 1 aromatic heterocycles. The highest BCUT2D eigenvalue weighted by molar-refractivity contribution is 7.80. The predicted molar refractivity (Wildman–Crippen MR) is 113 cm³/mol. The van der Waals surface area contributed by atoms with E-state index in [2.05, 4.69) is 51.5 Å². The lowest BCUT2D eigenvalue weighted by Crippen LogP contribution is -2.35. The number of nitrogens with one attached hydrogen (secondary N) is 2. The summed E-state index contributed by atoms with van der Waals surface area (Å²) < 4.78 is 5.36. The molecule has 0 unspecified atom stereocenters. The van der Waals surface area contributed by atoms with E-state index in [1.54, 1.807) is 7.11 Å². The number of hydrogen-bond acceptors (Lipinski definition) is 5. The Kier molecular flexibility index (Phi) is 6.45. The minimum absolute atomic E-state index is 0.0826. The lowest BCUT2D eigenvalue weighted by molar-refractivity contribution is 0.396. The monoisotopic (exact) mass is 385 g/mol. The van der Waals surface area contributed by atoms with E-state index in [4.69, 9.17) is 17.0 Å². The number of piperidine rings is 1. The van der Waals surface area contributed by atoms with Crippen LogP contribution in [0, 0.1) is 5.92 Å². The van der Waals surface area contributed by atoms with Gasteiger partial charge in [-0.2, -0.15) is 9.97 Å². The molecule has 144 valence electrons. The molecular weight excluding hydrogens is 358 g/mol. The van der Waals surface area contributed by atoms with Crippen LogP contribution in [-0.4, -0.2) is 35.3 Å². The number of aromatic nitrogens is 2. The summed E-state index contributed by atoms with van der Waals surface area (Å²) in [5.41, 5.74) is 1.16. The second-order valence-electron chi connectivity index (χ2n) is 7.02. The molecule has 1 aliphatic rings. The Labute approximate surface area is 166 Å². The van der Waals surface area contributed by atoms with E-state index in [0.717, 1.165) is 24.5 Å². The van der Waals surface area contributed by atoms with Crippen LogP contribution in [0.3, 0.4) is 0 Å². The molecule has 1 saturated heterocycles. The van der Waals surface area contributed by atoms with Crippen LogP contribution in [0.2, 0.25) is 0 Å². The van der Waals surface area contributed by atoms with E-state index in [1.807, 2.05) is 24.3 Å². The summed E-state index contributed by atoms with van der Waals surface area (Å²) >= 11 is 5.45. The van der Waals surface area contributed by atoms with Gasteiger partial charge >= 0.3 is 0 Å². The molecule has 0 aliphatic carbocycles. The summed E-state index contributed by atoms with van der Waals surface area (Å²) in [7, 11) is 1.61. The quantitative estimate of drug-likeness (QED) is 0.760. The van der Waals surface area contributed by atoms with Gasteiger partial charge in [-0.15, -0.1) is 0 Å². The van der Waals surface area contributed by atoms with Gasteiger partial charge in [-0.3, -0.25) is 0 Å². The largest absolute Gasteiger partial charge is 0.481 e. The van der Waals surface area contributed by atoms with Crippen molar-refractivity contribution in [2.24, 2.45) is 5.92 Å². The molecule has 0 spiro atoms. The highest BCUT2D eigenvalue weighted by Crippen LogP contribution is 2.25. The maximum Gasteiger partial charge on any atom is 0.234 e. The fourth-order valence-electron chi connectivity index (χ4n) is 3.29. The summed E-state index contributed by atoms with van der Waals surface area (Å²) in [6, 6.07) is 12.1. The molecule has 2 N–H and O–H groups in total. The first-order chi connectivity index (χ1) is 13.0. The molecule has 2 heterocycles. The Balaban J connectivity index is 1.70. The Morgan fingerprint density at radius 1 is 1.30 bits per heavy atom. The van der Waals surface area contributed by atoms with E-state index < -0.39 is 0 Å². The van der Waals surface area contributed by atoms with Gasteiger partial charge in [0.05, 0.1) is 13.2 Å². The van der Waals surface area contributed by atoms with Crippen molar-refractivity contribution in [3.05, 3.63) is 42.0 Å². The van der Waals surface area contributed by atoms with Gasteiger partial charge < -0.3 is 20.3 Å². The van der Waals surface area contributed by atoms with Crippen molar-refractivity contribution in [2.75, 3.05) is 30.4 Å². The van der Waals surface area contributed by atoms with Crippen LogP contribution in [0.15, 0.2) is 36.4 Å². The van der Waals surface area contributed by atoms with Crippen molar-refractivity contribution >= 4 is 29.1 Å². The van der Waals surface area contributed by atoms with Crippen molar-refractivity contribution < 1.29 is 4.74 Å². The lowest BCUT2D eigenvalue weighted by atomic mass is 10.0. The van der Waals surface area contributed by atoms with E-state index in [0.29, 0.717) is 22.9 Å².